The van der Waals surface area contributed by atoms with E-state index in [0.717, 1.165) is 37.7 Å². The molecule has 1 aromatic carbocycles. The van der Waals surface area contributed by atoms with E-state index in [2.05, 4.69) is 35.8 Å². The molecule has 0 amide bonds. The lowest BCUT2D eigenvalue weighted by Gasteiger charge is -2.22. The first-order valence-electron chi connectivity index (χ1n) is 6.46. The van der Waals surface area contributed by atoms with Gasteiger partial charge < -0.3 is 15.4 Å². The Morgan fingerprint density at radius 2 is 2.29 bits per heavy atom. The molecule has 2 aliphatic rings. The molecule has 3 nitrogen and oxygen atoms in total. The average molecular weight is 232 g/mol. The van der Waals surface area contributed by atoms with Crippen LogP contribution in [-0.2, 0) is 6.54 Å². The van der Waals surface area contributed by atoms with Gasteiger partial charge in [0.2, 0.25) is 0 Å². The topological polar surface area (TPSA) is 33.3 Å². The molecule has 0 spiro atoms. The number of rotatable bonds is 4. The Bertz CT molecular complexity index is 413. The Morgan fingerprint density at radius 1 is 1.41 bits per heavy atom. The van der Waals surface area contributed by atoms with Gasteiger partial charge in [0.25, 0.3) is 0 Å². The highest BCUT2D eigenvalue weighted by Gasteiger charge is 2.36. The maximum absolute atomic E-state index is 5.75. The second-order valence-corrected chi connectivity index (χ2v) is 5.48. The molecule has 1 aromatic rings. The molecule has 0 bridgehead atoms. The number of fused-ring (bicyclic) bond motifs is 1. The number of ether oxygens (including phenoxy) is 1. The Hall–Kier alpha value is -1.22. The van der Waals surface area contributed by atoms with Crippen molar-refractivity contribution < 1.29 is 4.74 Å². The van der Waals surface area contributed by atoms with Crippen LogP contribution in [-0.4, -0.2) is 19.7 Å². The fraction of sp³-hybridized carbons (Fsp3) is 0.571. The zero-order valence-electron chi connectivity index (χ0n) is 10.4. The van der Waals surface area contributed by atoms with Crippen molar-refractivity contribution in [3.63, 3.8) is 0 Å². The summed E-state index contributed by atoms with van der Waals surface area (Å²) in [6.07, 6.45) is 2.73. The first-order chi connectivity index (χ1) is 8.27. The molecule has 0 aromatic heterocycles. The Morgan fingerprint density at radius 3 is 3.12 bits per heavy atom. The fourth-order valence-corrected chi connectivity index (χ4v) is 2.26. The monoisotopic (exact) mass is 232 g/mol. The zero-order valence-corrected chi connectivity index (χ0v) is 10.4. The minimum atomic E-state index is 0.563. The molecule has 1 saturated carbocycles. The molecule has 1 aliphatic heterocycles. The van der Waals surface area contributed by atoms with Gasteiger partial charge in [-0.3, -0.25) is 0 Å². The first-order valence-corrected chi connectivity index (χ1v) is 6.46. The van der Waals surface area contributed by atoms with Crippen molar-refractivity contribution in [3.8, 4) is 5.75 Å². The molecular formula is C14H20N2O. The molecule has 1 aliphatic carbocycles. The quantitative estimate of drug-likeness (QED) is 0.836. The third-order valence-electron chi connectivity index (χ3n) is 3.73. The molecule has 0 atom stereocenters. The summed E-state index contributed by atoms with van der Waals surface area (Å²) in [6, 6.07) is 6.32. The van der Waals surface area contributed by atoms with Gasteiger partial charge in [0, 0.05) is 25.2 Å². The van der Waals surface area contributed by atoms with E-state index >= 15 is 0 Å². The van der Waals surface area contributed by atoms with Gasteiger partial charge in [-0.15, -0.1) is 0 Å². The SMILES string of the molecule is CC1(CNCc2cccc3c2OCCN3)CC1. The van der Waals surface area contributed by atoms with Gasteiger partial charge in [-0.1, -0.05) is 19.1 Å². The molecule has 17 heavy (non-hydrogen) atoms. The van der Waals surface area contributed by atoms with Crippen LogP contribution in [0.5, 0.6) is 5.75 Å². The number of hydrogen-bond donors (Lipinski definition) is 2. The molecule has 3 rings (SSSR count). The van der Waals surface area contributed by atoms with Crippen LogP contribution in [0.4, 0.5) is 5.69 Å². The lowest BCUT2D eigenvalue weighted by atomic mass is 10.1. The van der Waals surface area contributed by atoms with E-state index in [1.807, 2.05) is 0 Å². The van der Waals surface area contributed by atoms with Crippen molar-refractivity contribution in [1.29, 1.82) is 0 Å². The van der Waals surface area contributed by atoms with Gasteiger partial charge in [-0.2, -0.15) is 0 Å². The Kier molecular flexibility index (Phi) is 2.71. The van der Waals surface area contributed by atoms with Crippen LogP contribution in [0.25, 0.3) is 0 Å². The summed E-state index contributed by atoms with van der Waals surface area (Å²) in [7, 11) is 0. The van der Waals surface area contributed by atoms with Gasteiger partial charge in [-0.05, 0) is 24.3 Å². The van der Waals surface area contributed by atoms with Crippen LogP contribution in [0.2, 0.25) is 0 Å². The van der Waals surface area contributed by atoms with Crippen LogP contribution in [0, 0.1) is 5.41 Å². The lowest BCUT2D eigenvalue weighted by molar-refractivity contribution is 0.318. The molecule has 2 N–H and O–H groups in total. The molecule has 1 fully saturated rings. The van der Waals surface area contributed by atoms with E-state index in [1.165, 1.54) is 18.4 Å². The van der Waals surface area contributed by atoms with Crippen molar-refractivity contribution in [2.45, 2.75) is 26.3 Å². The summed E-state index contributed by atoms with van der Waals surface area (Å²) >= 11 is 0. The number of anilines is 1. The summed E-state index contributed by atoms with van der Waals surface area (Å²) in [5.41, 5.74) is 2.96. The summed E-state index contributed by atoms with van der Waals surface area (Å²) < 4.78 is 5.75. The van der Waals surface area contributed by atoms with E-state index in [1.54, 1.807) is 0 Å². The molecule has 1 heterocycles. The van der Waals surface area contributed by atoms with Crippen molar-refractivity contribution in [2.75, 3.05) is 25.0 Å². The normalized spacial score (nSPS) is 20.1. The average Bonchev–Trinajstić information content (AvgIpc) is 3.08. The van der Waals surface area contributed by atoms with Crippen molar-refractivity contribution >= 4 is 5.69 Å². The van der Waals surface area contributed by atoms with Crippen LogP contribution in [0.15, 0.2) is 18.2 Å². The number of para-hydroxylation sites is 1. The van der Waals surface area contributed by atoms with Crippen molar-refractivity contribution in [3.05, 3.63) is 23.8 Å². The Labute approximate surface area is 103 Å². The highest BCUT2D eigenvalue weighted by atomic mass is 16.5. The largest absolute Gasteiger partial charge is 0.489 e. The molecule has 3 heteroatoms. The number of benzene rings is 1. The van der Waals surface area contributed by atoms with E-state index in [0.29, 0.717) is 5.41 Å². The standard InChI is InChI=1S/C14H20N2O/c1-14(5-6-14)10-15-9-11-3-2-4-12-13(11)17-8-7-16-12/h2-4,15-16H,5-10H2,1H3. The van der Waals surface area contributed by atoms with Gasteiger partial charge in [0.15, 0.2) is 0 Å². The molecular weight excluding hydrogens is 212 g/mol. The van der Waals surface area contributed by atoms with Crippen LogP contribution in [0.1, 0.15) is 25.3 Å². The fourth-order valence-electron chi connectivity index (χ4n) is 2.26. The van der Waals surface area contributed by atoms with Crippen LogP contribution < -0.4 is 15.4 Å². The first kappa shape index (κ1) is 10.9. The summed E-state index contributed by atoms with van der Waals surface area (Å²) in [5.74, 6) is 1.03. The molecule has 0 radical (unpaired) electrons. The summed E-state index contributed by atoms with van der Waals surface area (Å²) in [4.78, 5) is 0. The van der Waals surface area contributed by atoms with Gasteiger partial charge in [-0.25, -0.2) is 0 Å². The number of nitrogens with one attached hydrogen (secondary N) is 2. The smallest absolute Gasteiger partial charge is 0.146 e. The van der Waals surface area contributed by atoms with E-state index in [-0.39, 0.29) is 0 Å². The maximum atomic E-state index is 5.75. The third-order valence-corrected chi connectivity index (χ3v) is 3.73. The lowest BCUT2D eigenvalue weighted by Crippen LogP contribution is -2.24. The van der Waals surface area contributed by atoms with Crippen LogP contribution in [0.3, 0.4) is 0 Å². The van der Waals surface area contributed by atoms with Crippen molar-refractivity contribution in [1.82, 2.24) is 5.32 Å². The zero-order chi connectivity index (χ0) is 11.7. The third kappa shape index (κ3) is 2.39. The maximum Gasteiger partial charge on any atom is 0.146 e. The molecule has 92 valence electrons. The minimum absolute atomic E-state index is 0.563. The number of hydrogen-bond acceptors (Lipinski definition) is 3. The summed E-state index contributed by atoms with van der Waals surface area (Å²) in [5, 5.41) is 6.92. The minimum Gasteiger partial charge on any atom is -0.489 e. The van der Waals surface area contributed by atoms with Gasteiger partial charge in [0.05, 0.1) is 5.69 Å². The molecule has 0 saturated heterocycles. The highest BCUT2D eigenvalue weighted by molar-refractivity contribution is 5.61. The van der Waals surface area contributed by atoms with E-state index in [4.69, 9.17) is 4.74 Å². The second-order valence-electron chi connectivity index (χ2n) is 5.48. The molecule has 0 unspecified atom stereocenters. The second kappa shape index (κ2) is 4.22. The predicted octanol–water partition coefficient (Wildman–Crippen LogP) is 2.38. The van der Waals surface area contributed by atoms with Crippen molar-refractivity contribution in [2.24, 2.45) is 5.41 Å². The highest BCUT2D eigenvalue weighted by Crippen LogP contribution is 2.44. The van der Waals surface area contributed by atoms with Gasteiger partial charge in [0.1, 0.15) is 12.4 Å². The predicted molar refractivity (Wildman–Crippen MR) is 69.5 cm³/mol. The van der Waals surface area contributed by atoms with Crippen LogP contribution >= 0.6 is 0 Å². The van der Waals surface area contributed by atoms with E-state index in [9.17, 15) is 0 Å². The Balaban J connectivity index is 1.65. The summed E-state index contributed by atoms with van der Waals surface area (Å²) in [6.45, 7) is 6.03. The van der Waals surface area contributed by atoms with E-state index < -0.39 is 0 Å². The van der Waals surface area contributed by atoms with Gasteiger partial charge >= 0.3 is 0 Å².